The summed E-state index contributed by atoms with van der Waals surface area (Å²) in [5.41, 5.74) is 25.3. The normalized spacial score (nSPS) is 15.7. The minimum Gasteiger partial charge on any atom is -0.508 e. The van der Waals surface area contributed by atoms with Gasteiger partial charge in [-0.2, -0.15) is 25.3 Å². The fraction of sp³-hybridized carbons (Fsp3) is 0.442. The zero-order chi connectivity index (χ0) is 58.0. The third-order valence-electron chi connectivity index (χ3n) is 12.7. The highest BCUT2D eigenvalue weighted by Gasteiger charge is 2.40. The van der Waals surface area contributed by atoms with Crippen molar-refractivity contribution in [3.05, 3.63) is 102 Å². The fourth-order valence-corrected chi connectivity index (χ4v) is 8.61. The molecule has 26 heteroatoms. The van der Waals surface area contributed by atoms with Crippen molar-refractivity contribution in [1.82, 2.24) is 42.2 Å². The van der Waals surface area contributed by atoms with Crippen LogP contribution in [0.3, 0.4) is 0 Å². The number of thiol groups is 2. The first-order valence-electron chi connectivity index (χ1n) is 25.0. The van der Waals surface area contributed by atoms with Crippen molar-refractivity contribution in [2.24, 2.45) is 27.9 Å². The van der Waals surface area contributed by atoms with Crippen LogP contribution in [0.5, 0.6) is 5.75 Å². The molecule has 0 unspecified atom stereocenters. The van der Waals surface area contributed by atoms with Crippen LogP contribution >= 0.6 is 25.3 Å². The van der Waals surface area contributed by atoms with Gasteiger partial charge in [-0.05, 0) is 75.4 Å². The number of rotatable bonds is 29. The number of para-hydroxylation sites is 1. The van der Waals surface area contributed by atoms with E-state index in [-0.39, 0.29) is 49.7 Å². The molecule has 11 atom stereocenters. The van der Waals surface area contributed by atoms with Crippen LogP contribution in [-0.2, 0) is 51.2 Å². The molecule has 0 aliphatic rings. The van der Waals surface area contributed by atoms with Crippen molar-refractivity contribution >= 4 is 89.4 Å². The van der Waals surface area contributed by atoms with Gasteiger partial charge in [0.2, 0.25) is 47.3 Å². The first kappa shape index (κ1) is 63.1. The van der Waals surface area contributed by atoms with Gasteiger partial charge in [-0.3, -0.25) is 43.3 Å². The summed E-state index contributed by atoms with van der Waals surface area (Å²) in [7, 11) is 0. The summed E-state index contributed by atoms with van der Waals surface area (Å²) in [6.45, 7) is 7.06. The monoisotopic (exact) mass is 1120 g/mol. The number of amides is 8. The van der Waals surface area contributed by atoms with Crippen molar-refractivity contribution < 1.29 is 53.7 Å². The van der Waals surface area contributed by atoms with Crippen molar-refractivity contribution in [1.29, 1.82) is 0 Å². The number of aromatic nitrogens is 1. The molecule has 1 aromatic heterocycles. The summed E-state index contributed by atoms with van der Waals surface area (Å²) < 4.78 is -1.36. The first-order chi connectivity index (χ1) is 36.7. The second-order valence-electron chi connectivity index (χ2n) is 19.5. The van der Waals surface area contributed by atoms with E-state index < -0.39 is 118 Å². The standard InChI is InChI=1S/C52H73N13O11S2/c1-26(30-12-7-6-8-13-30)39(53)48(74)62-38(25-77)47(73)60-36(22-29-17-19-32(68)20-18-29)45(71)61-37(23-31-24-58-34-15-10-9-14-33(31)34)46(72)59-35(16-11-21-57-51(55)56)44(70)64-41(28(3)67)49(75)65-42(52(4,5)78)50(76)63-40(27(2)66)43(54)69/h6-10,12-15,17-20,24,26-28,35-42,58,66-68,77-78H,11,16,21-23,25,53H2,1-5H3,(H2,54,69)(H,59,72)(H,60,73)(H,61,71)(H,62,74)(H,63,76)(H,64,70)(H,65,75)(H4,55,56,57)/t26-,27-,28-,35+,36+,37-,38+,39+,40+,41+,42-/m1/s1. The third-order valence-corrected chi connectivity index (χ3v) is 13.3. The minimum absolute atomic E-state index is 0.0191. The number of hydrogen-bond acceptors (Lipinski definition) is 15. The molecule has 4 aromatic rings. The van der Waals surface area contributed by atoms with E-state index in [9.17, 15) is 53.7 Å². The van der Waals surface area contributed by atoms with Crippen molar-refractivity contribution in [2.75, 3.05) is 12.3 Å². The molecule has 0 spiro atoms. The van der Waals surface area contributed by atoms with E-state index >= 15 is 0 Å². The Morgan fingerprint density at radius 1 is 0.641 bits per heavy atom. The lowest BCUT2D eigenvalue weighted by atomic mass is 9.93. The Hall–Kier alpha value is -7.39. The first-order valence-corrected chi connectivity index (χ1v) is 26.1. The van der Waals surface area contributed by atoms with Gasteiger partial charge in [0.1, 0.15) is 48.0 Å². The number of fused-ring (bicyclic) bond motifs is 1. The van der Waals surface area contributed by atoms with Crippen molar-refractivity contribution in [3.63, 3.8) is 0 Å². The van der Waals surface area contributed by atoms with Gasteiger partial charge < -0.3 is 80.5 Å². The number of primary amides is 1. The molecule has 8 amide bonds. The Labute approximate surface area is 462 Å². The molecule has 4 rings (SSSR count). The quantitative estimate of drug-likeness (QED) is 0.0123. The summed E-state index contributed by atoms with van der Waals surface area (Å²) in [6.07, 6.45) is -1.90. The number of carbonyl (C=O) groups is 8. The largest absolute Gasteiger partial charge is 0.508 e. The van der Waals surface area contributed by atoms with E-state index in [1.54, 1.807) is 49.5 Å². The predicted octanol–water partition coefficient (Wildman–Crippen LogP) is -1.88. The highest BCUT2D eigenvalue weighted by atomic mass is 32.1. The van der Waals surface area contributed by atoms with Gasteiger partial charge in [-0.1, -0.05) is 67.6 Å². The molecule has 0 saturated carbocycles. The number of guanidine groups is 1. The number of nitrogens with zero attached hydrogens (tertiary/aromatic N) is 1. The number of H-pyrrole nitrogens is 1. The van der Waals surface area contributed by atoms with E-state index in [4.69, 9.17) is 22.9 Å². The number of carbonyl (C=O) groups excluding carboxylic acids is 8. The Morgan fingerprint density at radius 3 is 1.73 bits per heavy atom. The summed E-state index contributed by atoms with van der Waals surface area (Å²) in [5, 5.41) is 49.6. The maximum Gasteiger partial charge on any atom is 0.245 e. The van der Waals surface area contributed by atoms with Crippen molar-refractivity contribution in [2.45, 2.75) is 132 Å². The van der Waals surface area contributed by atoms with Gasteiger partial charge in [0.25, 0.3) is 0 Å². The summed E-state index contributed by atoms with van der Waals surface area (Å²) in [4.78, 5) is 118. The van der Waals surface area contributed by atoms with Gasteiger partial charge in [-0.15, -0.1) is 0 Å². The number of aromatic amines is 1. The number of benzene rings is 3. The summed E-state index contributed by atoms with van der Waals surface area (Å²) in [5.74, 6) is -8.40. The van der Waals surface area contributed by atoms with E-state index in [1.807, 2.05) is 18.2 Å². The number of nitrogens with one attached hydrogen (secondary N) is 8. The number of aliphatic hydroxyl groups excluding tert-OH is 2. The number of aliphatic imine (C=N–C) groups is 1. The second-order valence-corrected chi connectivity index (χ2v) is 21.0. The minimum atomic E-state index is -1.79. The number of aromatic hydroxyl groups is 1. The molecular formula is C52H73N13O11S2. The molecule has 24 nitrogen and oxygen atoms in total. The maximum atomic E-state index is 14.8. The smallest absolute Gasteiger partial charge is 0.245 e. The van der Waals surface area contributed by atoms with Crippen molar-refractivity contribution in [3.8, 4) is 5.75 Å². The number of nitrogens with two attached hydrogens (primary N) is 4. The highest BCUT2D eigenvalue weighted by Crippen LogP contribution is 2.22. The molecule has 1 heterocycles. The van der Waals surface area contributed by atoms with Crippen LogP contribution in [0.25, 0.3) is 10.9 Å². The van der Waals surface area contributed by atoms with Crippen LogP contribution in [0.1, 0.15) is 70.1 Å². The van der Waals surface area contributed by atoms with E-state index in [1.165, 1.54) is 52.0 Å². The molecule has 0 saturated heterocycles. The Balaban J connectivity index is 1.68. The van der Waals surface area contributed by atoms with Gasteiger partial charge >= 0.3 is 0 Å². The van der Waals surface area contributed by atoms with Crippen LogP contribution in [-0.4, -0.2) is 151 Å². The lowest BCUT2D eigenvalue weighted by molar-refractivity contribution is -0.137. The Kier molecular flexibility index (Phi) is 23.8. The van der Waals surface area contributed by atoms with Crippen LogP contribution in [0.4, 0.5) is 0 Å². The predicted molar refractivity (Wildman–Crippen MR) is 300 cm³/mol. The van der Waals surface area contributed by atoms with Gasteiger partial charge in [-0.25, -0.2) is 0 Å². The molecule has 78 heavy (non-hydrogen) atoms. The van der Waals surface area contributed by atoms with Crippen LogP contribution in [0.15, 0.2) is 90.1 Å². The zero-order valence-electron chi connectivity index (χ0n) is 43.9. The summed E-state index contributed by atoms with van der Waals surface area (Å²) >= 11 is 8.77. The molecule has 0 radical (unpaired) electrons. The average molecular weight is 1120 g/mol. The number of aliphatic hydroxyl groups is 2. The molecule has 3 aromatic carbocycles. The highest BCUT2D eigenvalue weighted by molar-refractivity contribution is 7.81. The molecule has 0 aliphatic heterocycles. The SMILES string of the molecule is C[C@H](c1ccccc1)[C@H](N)C(=O)N[C@@H](CS)C(=O)N[C@@H](Cc1ccc(O)cc1)C(=O)N[C@H](Cc1c[nH]c2ccccc12)C(=O)N[C@@H](CCCN=C(N)N)C(=O)N[C@H](C(=O)N[C@H](C(=O)N[C@H](C(N)=O)[C@@H](C)O)C(C)(C)S)[C@@H](C)O. The van der Waals surface area contributed by atoms with Crippen LogP contribution in [0.2, 0.25) is 0 Å². The van der Waals surface area contributed by atoms with E-state index in [0.717, 1.165) is 5.56 Å². The maximum absolute atomic E-state index is 14.8. The third kappa shape index (κ3) is 18.7. The molecular weight excluding hydrogens is 1050 g/mol. The Morgan fingerprint density at radius 2 is 1.17 bits per heavy atom. The lowest BCUT2D eigenvalue weighted by Gasteiger charge is -2.33. The molecule has 0 aliphatic carbocycles. The summed E-state index contributed by atoms with van der Waals surface area (Å²) in [6, 6.07) is 10.3. The van der Waals surface area contributed by atoms with Gasteiger partial charge in [0.15, 0.2) is 5.96 Å². The van der Waals surface area contributed by atoms with Gasteiger partial charge in [0.05, 0.1) is 18.2 Å². The molecule has 0 fully saturated rings. The molecule has 424 valence electrons. The van der Waals surface area contributed by atoms with E-state index in [2.05, 4.69) is 72.5 Å². The number of phenols is 1. The van der Waals surface area contributed by atoms with Crippen LogP contribution < -0.4 is 60.2 Å². The zero-order valence-corrected chi connectivity index (χ0v) is 45.7. The second kappa shape index (κ2) is 29.4. The average Bonchev–Trinajstić information content (AvgIpc) is 3.81. The molecule has 0 bridgehead atoms. The Bertz CT molecular complexity index is 2740. The fourth-order valence-electron chi connectivity index (χ4n) is 8.17. The van der Waals surface area contributed by atoms with Gasteiger partial charge in [0, 0.05) is 52.9 Å². The number of hydrogen-bond donors (Lipinski definition) is 17. The van der Waals surface area contributed by atoms with Crippen LogP contribution in [0, 0.1) is 0 Å². The van der Waals surface area contributed by atoms with E-state index in [0.29, 0.717) is 22.0 Å². The number of phenolic OH excluding ortho intramolecular Hbond substituents is 1. The lowest BCUT2D eigenvalue weighted by Crippen LogP contribution is -2.64. The molecule has 19 N–H and O–H groups in total. The topological polar surface area (TPSA) is 414 Å².